The van der Waals surface area contributed by atoms with Crippen LogP contribution in [0.2, 0.25) is 0 Å². The second-order valence-corrected chi connectivity index (χ2v) is 6.97. The van der Waals surface area contributed by atoms with E-state index in [0.717, 1.165) is 37.2 Å². The zero-order valence-corrected chi connectivity index (χ0v) is 15.3. The van der Waals surface area contributed by atoms with Crippen LogP contribution in [0.4, 0.5) is 5.82 Å². The van der Waals surface area contributed by atoms with Gasteiger partial charge in [0.2, 0.25) is 5.91 Å². The number of piperazine rings is 1. The molecule has 0 radical (unpaired) electrons. The van der Waals surface area contributed by atoms with E-state index in [2.05, 4.69) is 54.4 Å². The minimum atomic E-state index is -0.0521. The van der Waals surface area contributed by atoms with E-state index in [4.69, 9.17) is 4.52 Å². The lowest BCUT2D eigenvalue weighted by atomic mass is 10.2. The first kappa shape index (κ1) is 17.1. The Morgan fingerprint density at radius 3 is 2.67 bits per heavy atom. The highest BCUT2D eigenvalue weighted by atomic mass is 79.9. The number of anilines is 1. The zero-order chi connectivity index (χ0) is 16.9. The summed E-state index contributed by atoms with van der Waals surface area (Å²) in [7, 11) is 0. The molecule has 1 aliphatic heterocycles. The van der Waals surface area contributed by atoms with Crippen molar-refractivity contribution in [3.63, 3.8) is 0 Å². The van der Waals surface area contributed by atoms with Crippen LogP contribution >= 0.6 is 15.9 Å². The Balaban J connectivity index is 1.42. The number of carbonyl (C=O) groups is 1. The van der Waals surface area contributed by atoms with Gasteiger partial charge in [-0.1, -0.05) is 33.2 Å². The largest absolute Gasteiger partial charge is 0.360 e. The van der Waals surface area contributed by atoms with Crippen molar-refractivity contribution in [2.24, 2.45) is 0 Å². The Hall–Kier alpha value is -1.70. The van der Waals surface area contributed by atoms with Crippen LogP contribution in [0.25, 0.3) is 0 Å². The number of hydrogen-bond acceptors (Lipinski definition) is 5. The first-order valence-corrected chi connectivity index (χ1v) is 8.80. The van der Waals surface area contributed by atoms with E-state index in [1.165, 1.54) is 5.56 Å². The smallest absolute Gasteiger partial charge is 0.239 e. The predicted molar refractivity (Wildman–Crippen MR) is 95.7 cm³/mol. The Morgan fingerprint density at radius 2 is 2.00 bits per heavy atom. The SMILES string of the molecule is Cc1cc(NC(=O)CN2CCN(Cc3cccc(Br)c3)CC2)no1. The molecular weight excluding hydrogens is 372 g/mol. The summed E-state index contributed by atoms with van der Waals surface area (Å²) in [6.07, 6.45) is 0. The van der Waals surface area contributed by atoms with Crippen molar-refractivity contribution in [1.29, 1.82) is 0 Å². The molecule has 1 fully saturated rings. The third-order valence-electron chi connectivity index (χ3n) is 4.02. The number of rotatable bonds is 5. The number of halogens is 1. The van der Waals surface area contributed by atoms with Gasteiger partial charge in [-0.3, -0.25) is 14.6 Å². The number of nitrogens with one attached hydrogen (secondary N) is 1. The molecule has 1 N–H and O–H groups in total. The van der Waals surface area contributed by atoms with Crippen molar-refractivity contribution in [2.45, 2.75) is 13.5 Å². The number of benzene rings is 1. The molecule has 0 unspecified atom stereocenters. The second-order valence-electron chi connectivity index (χ2n) is 6.05. The van der Waals surface area contributed by atoms with Crippen LogP contribution < -0.4 is 5.32 Å². The fourth-order valence-corrected chi connectivity index (χ4v) is 3.26. The van der Waals surface area contributed by atoms with Crippen LogP contribution in [0.15, 0.2) is 39.3 Å². The van der Waals surface area contributed by atoms with Crippen LogP contribution in [0.3, 0.4) is 0 Å². The summed E-state index contributed by atoms with van der Waals surface area (Å²) in [5.74, 6) is 1.11. The molecule has 0 atom stereocenters. The van der Waals surface area contributed by atoms with Crippen molar-refractivity contribution in [2.75, 3.05) is 38.0 Å². The molecule has 1 aliphatic rings. The van der Waals surface area contributed by atoms with Crippen molar-refractivity contribution in [3.05, 3.63) is 46.1 Å². The number of nitrogens with zero attached hydrogens (tertiary/aromatic N) is 3. The van der Waals surface area contributed by atoms with E-state index in [9.17, 15) is 4.79 Å². The normalized spacial score (nSPS) is 16.2. The summed E-state index contributed by atoms with van der Waals surface area (Å²) in [4.78, 5) is 16.6. The van der Waals surface area contributed by atoms with Crippen molar-refractivity contribution < 1.29 is 9.32 Å². The maximum absolute atomic E-state index is 12.0. The van der Waals surface area contributed by atoms with Crippen molar-refractivity contribution >= 4 is 27.7 Å². The highest BCUT2D eigenvalue weighted by Gasteiger charge is 2.19. The maximum Gasteiger partial charge on any atom is 0.239 e. The first-order chi connectivity index (χ1) is 11.6. The van der Waals surface area contributed by atoms with Crippen LogP contribution in [-0.4, -0.2) is 53.6 Å². The Labute approximate surface area is 149 Å². The minimum Gasteiger partial charge on any atom is -0.360 e. The number of hydrogen-bond donors (Lipinski definition) is 1. The summed E-state index contributed by atoms with van der Waals surface area (Å²) in [5, 5.41) is 6.54. The summed E-state index contributed by atoms with van der Waals surface area (Å²) >= 11 is 3.51. The lowest BCUT2D eigenvalue weighted by Crippen LogP contribution is -2.48. The highest BCUT2D eigenvalue weighted by Crippen LogP contribution is 2.14. The number of aromatic nitrogens is 1. The molecule has 0 spiro atoms. The quantitative estimate of drug-likeness (QED) is 0.846. The van der Waals surface area contributed by atoms with E-state index >= 15 is 0 Å². The topological polar surface area (TPSA) is 61.6 Å². The van der Waals surface area contributed by atoms with Crippen molar-refractivity contribution in [3.8, 4) is 0 Å². The standard InChI is InChI=1S/C17H21BrN4O2/c1-13-9-16(20-24-13)19-17(23)12-22-7-5-21(6-8-22)11-14-3-2-4-15(18)10-14/h2-4,9-10H,5-8,11-12H2,1H3,(H,19,20,23). The summed E-state index contributed by atoms with van der Waals surface area (Å²) in [5.41, 5.74) is 1.30. The summed E-state index contributed by atoms with van der Waals surface area (Å²) in [6.45, 7) is 6.83. The molecule has 1 saturated heterocycles. The molecule has 0 aliphatic carbocycles. The van der Waals surface area contributed by atoms with Crippen LogP contribution in [0.5, 0.6) is 0 Å². The van der Waals surface area contributed by atoms with Gasteiger partial charge in [-0.05, 0) is 24.6 Å². The molecule has 24 heavy (non-hydrogen) atoms. The number of carbonyl (C=O) groups excluding carboxylic acids is 1. The number of amides is 1. The van der Waals surface area contributed by atoms with E-state index < -0.39 is 0 Å². The average molecular weight is 393 g/mol. The van der Waals surface area contributed by atoms with Gasteiger partial charge in [0.15, 0.2) is 5.82 Å². The molecule has 0 saturated carbocycles. The van der Waals surface area contributed by atoms with Gasteiger partial charge in [0.25, 0.3) is 0 Å². The molecule has 1 aromatic heterocycles. The third kappa shape index (κ3) is 4.90. The fraction of sp³-hybridized carbons (Fsp3) is 0.412. The predicted octanol–water partition coefficient (Wildman–Crippen LogP) is 2.50. The van der Waals surface area contributed by atoms with Crippen LogP contribution in [-0.2, 0) is 11.3 Å². The van der Waals surface area contributed by atoms with E-state index in [0.29, 0.717) is 18.1 Å². The van der Waals surface area contributed by atoms with Gasteiger partial charge in [-0.25, -0.2) is 0 Å². The van der Waals surface area contributed by atoms with Crippen LogP contribution in [0, 0.1) is 6.92 Å². The molecule has 3 rings (SSSR count). The summed E-state index contributed by atoms with van der Waals surface area (Å²) < 4.78 is 6.06. The fourth-order valence-electron chi connectivity index (χ4n) is 2.81. The first-order valence-electron chi connectivity index (χ1n) is 8.01. The summed E-state index contributed by atoms with van der Waals surface area (Å²) in [6, 6.07) is 10.1. The van der Waals surface area contributed by atoms with E-state index in [-0.39, 0.29) is 5.91 Å². The second kappa shape index (κ2) is 7.92. The molecule has 128 valence electrons. The number of aryl methyl sites for hydroxylation is 1. The molecule has 2 heterocycles. The van der Waals surface area contributed by atoms with Gasteiger partial charge in [0, 0.05) is 43.3 Å². The monoisotopic (exact) mass is 392 g/mol. The Kier molecular flexibility index (Phi) is 5.65. The minimum absolute atomic E-state index is 0.0521. The maximum atomic E-state index is 12.0. The Morgan fingerprint density at radius 1 is 1.25 bits per heavy atom. The molecular formula is C17H21BrN4O2. The molecule has 1 amide bonds. The molecule has 2 aromatic rings. The van der Waals surface area contributed by atoms with Gasteiger partial charge in [0.05, 0.1) is 6.54 Å². The molecule has 1 aromatic carbocycles. The van der Waals surface area contributed by atoms with E-state index in [1.54, 1.807) is 13.0 Å². The third-order valence-corrected chi connectivity index (χ3v) is 4.52. The lowest BCUT2D eigenvalue weighted by Gasteiger charge is -2.34. The van der Waals surface area contributed by atoms with Gasteiger partial charge in [0.1, 0.15) is 5.76 Å². The van der Waals surface area contributed by atoms with Gasteiger partial charge >= 0.3 is 0 Å². The molecule has 7 heteroatoms. The lowest BCUT2D eigenvalue weighted by molar-refractivity contribution is -0.117. The average Bonchev–Trinajstić information content (AvgIpc) is 2.94. The molecule has 6 nitrogen and oxygen atoms in total. The van der Waals surface area contributed by atoms with Gasteiger partial charge < -0.3 is 9.84 Å². The van der Waals surface area contributed by atoms with Crippen molar-refractivity contribution in [1.82, 2.24) is 15.0 Å². The van der Waals surface area contributed by atoms with Gasteiger partial charge in [-0.15, -0.1) is 0 Å². The van der Waals surface area contributed by atoms with Gasteiger partial charge in [-0.2, -0.15) is 0 Å². The van der Waals surface area contributed by atoms with E-state index in [1.807, 2.05) is 6.07 Å². The molecule has 0 bridgehead atoms. The zero-order valence-electron chi connectivity index (χ0n) is 13.7. The highest BCUT2D eigenvalue weighted by molar-refractivity contribution is 9.10. The Bertz CT molecular complexity index is 695. The van der Waals surface area contributed by atoms with Crippen LogP contribution in [0.1, 0.15) is 11.3 Å².